The van der Waals surface area contributed by atoms with Crippen LogP contribution in [0, 0.1) is 0 Å². The summed E-state index contributed by atoms with van der Waals surface area (Å²) in [5.41, 5.74) is 7.52. The quantitative estimate of drug-likeness (QED) is 0.420. The Balaban J connectivity index is 1.93. The number of methoxy groups -OCH3 is 1. The Morgan fingerprint density at radius 1 is 1.26 bits per heavy atom. The molecular weight excluding hydrogens is 414 g/mol. The first-order valence-corrected chi connectivity index (χ1v) is 9.25. The molecule has 27 heavy (non-hydrogen) atoms. The van der Waals surface area contributed by atoms with E-state index in [2.05, 4.69) is 15.9 Å². The van der Waals surface area contributed by atoms with Gasteiger partial charge in [0, 0.05) is 11.1 Å². The van der Waals surface area contributed by atoms with Crippen LogP contribution in [0.25, 0.3) is 6.08 Å². The average molecular weight is 434 g/mol. The lowest BCUT2D eigenvalue weighted by Crippen LogP contribution is -2.16. The fourth-order valence-corrected chi connectivity index (χ4v) is 3.20. The van der Waals surface area contributed by atoms with E-state index in [1.165, 1.54) is 0 Å². The van der Waals surface area contributed by atoms with Gasteiger partial charge >= 0.3 is 0 Å². The van der Waals surface area contributed by atoms with Crippen molar-refractivity contribution in [2.75, 3.05) is 32.7 Å². The molecule has 0 unspecified atom stereocenters. The van der Waals surface area contributed by atoms with E-state index in [9.17, 15) is 4.79 Å². The molecule has 0 saturated carbocycles. The van der Waals surface area contributed by atoms with E-state index < -0.39 is 0 Å². The number of Topliss-reactive ketones (excluding diaryl/α,β-unsaturated/α-hetero) is 1. The maximum atomic E-state index is 12.8. The molecule has 7 heteroatoms. The SMILES string of the molecule is CCOc1cc(C(=O)/C(Br)=C\c2ccc3c(c2OC)OCCO3)ccc1N. The lowest BCUT2D eigenvalue weighted by Gasteiger charge is -2.21. The van der Waals surface area contributed by atoms with Crippen LogP contribution in [-0.2, 0) is 0 Å². The highest BCUT2D eigenvalue weighted by molar-refractivity contribution is 9.12. The Morgan fingerprint density at radius 2 is 2.04 bits per heavy atom. The van der Waals surface area contributed by atoms with Crippen molar-refractivity contribution in [3.8, 4) is 23.0 Å². The minimum Gasteiger partial charge on any atom is -0.492 e. The number of nitrogen functional groups attached to an aromatic ring is 1. The number of hydrogen-bond acceptors (Lipinski definition) is 6. The van der Waals surface area contributed by atoms with Gasteiger partial charge in [-0.1, -0.05) is 0 Å². The van der Waals surface area contributed by atoms with E-state index in [0.29, 0.717) is 64.1 Å². The summed E-state index contributed by atoms with van der Waals surface area (Å²) in [5, 5.41) is 0. The van der Waals surface area contributed by atoms with E-state index in [1.807, 2.05) is 13.0 Å². The molecule has 2 aromatic carbocycles. The number of rotatable bonds is 6. The predicted octanol–water partition coefficient (Wildman–Crippen LogP) is 4.07. The Morgan fingerprint density at radius 3 is 2.78 bits per heavy atom. The molecule has 0 amide bonds. The van der Waals surface area contributed by atoms with Gasteiger partial charge < -0.3 is 24.7 Å². The van der Waals surface area contributed by atoms with Crippen LogP contribution in [0.3, 0.4) is 0 Å². The van der Waals surface area contributed by atoms with Crippen molar-refractivity contribution in [3.63, 3.8) is 0 Å². The number of nitrogens with two attached hydrogens (primary N) is 1. The summed E-state index contributed by atoms with van der Waals surface area (Å²) < 4.78 is 22.5. The molecule has 0 radical (unpaired) electrons. The number of hydrogen-bond donors (Lipinski definition) is 1. The summed E-state index contributed by atoms with van der Waals surface area (Å²) in [6.07, 6.45) is 1.69. The van der Waals surface area contributed by atoms with Gasteiger partial charge in [-0.2, -0.15) is 0 Å². The van der Waals surface area contributed by atoms with Crippen LogP contribution in [0.4, 0.5) is 5.69 Å². The first-order chi connectivity index (χ1) is 13.0. The lowest BCUT2D eigenvalue weighted by molar-refractivity contribution is 0.104. The molecule has 142 valence electrons. The van der Waals surface area contributed by atoms with Gasteiger partial charge in [0.1, 0.15) is 19.0 Å². The van der Waals surface area contributed by atoms with Gasteiger partial charge in [-0.15, -0.1) is 0 Å². The van der Waals surface area contributed by atoms with Crippen molar-refractivity contribution in [2.24, 2.45) is 0 Å². The van der Waals surface area contributed by atoms with Gasteiger partial charge in [0.05, 0.1) is 23.9 Å². The van der Waals surface area contributed by atoms with Gasteiger partial charge in [0.2, 0.25) is 5.75 Å². The van der Waals surface area contributed by atoms with Crippen LogP contribution in [0.2, 0.25) is 0 Å². The number of carbonyl (C=O) groups excluding carboxylic acids is 1. The molecule has 0 fully saturated rings. The highest BCUT2D eigenvalue weighted by atomic mass is 79.9. The summed E-state index contributed by atoms with van der Waals surface area (Å²) in [7, 11) is 1.55. The maximum absolute atomic E-state index is 12.8. The van der Waals surface area contributed by atoms with Gasteiger partial charge in [-0.05, 0) is 59.3 Å². The Bertz CT molecular complexity index is 894. The molecule has 2 aromatic rings. The monoisotopic (exact) mass is 433 g/mol. The number of benzene rings is 2. The van der Waals surface area contributed by atoms with Crippen molar-refractivity contribution in [1.82, 2.24) is 0 Å². The predicted molar refractivity (Wildman–Crippen MR) is 107 cm³/mol. The van der Waals surface area contributed by atoms with Crippen molar-refractivity contribution in [1.29, 1.82) is 0 Å². The van der Waals surface area contributed by atoms with Gasteiger partial charge in [-0.25, -0.2) is 0 Å². The number of halogens is 1. The third kappa shape index (κ3) is 4.03. The summed E-state index contributed by atoms with van der Waals surface area (Å²) in [6.45, 7) is 3.26. The Labute approximate surface area is 166 Å². The van der Waals surface area contributed by atoms with Crippen LogP contribution < -0.4 is 24.7 Å². The summed E-state index contributed by atoms with van der Waals surface area (Å²) in [4.78, 5) is 12.8. The summed E-state index contributed by atoms with van der Waals surface area (Å²) >= 11 is 3.37. The van der Waals surface area contributed by atoms with Crippen LogP contribution in [0.1, 0.15) is 22.8 Å². The summed E-state index contributed by atoms with van der Waals surface area (Å²) in [5.74, 6) is 1.96. The van der Waals surface area contributed by atoms with Crippen LogP contribution in [-0.4, -0.2) is 32.7 Å². The molecule has 0 aromatic heterocycles. The number of carbonyl (C=O) groups is 1. The van der Waals surface area contributed by atoms with Gasteiger partial charge in [-0.3, -0.25) is 4.79 Å². The zero-order valence-corrected chi connectivity index (χ0v) is 16.7. The number of anilines is 1. The number of ketones is 1. The second kappa shape index (κ2) is 8.35. The fourth-order valence-electron chi connectivity index (χ4n) is 2.73. The highest BCUT2D eigenvalue weighted by Gasteiger charge is 2.20. The van der Waals surface area contributed by atoms with Crippen molar-refractivity contribution >= 4 is 33.5 Å². The zero-order chi connectivity index (χ0) is 19.4. The van der Waals surface area contributed by atoms with Crippen LogP contribution in [0.15, 0.2) is 34.8 Å². The van der Waals surface area contributed by atoms with E-state index in [1.54, 1.807) is 37.5 Å². The maximum Gasteiger partial charge on any atom is 0.204 e. The average Bonchev–Trinajstić information content (AvgIpc) is 2.69. The number of ether oxygens (including phenoxy) is 4. The first kappa shape index (κ1) is 19.1. The molecule has 0 aliphatic carbocycles. The normalized spacial score (nSPS) is 13.2. The minimum absolute atomic E-state index is 0.201. The lowest BCUT2D eigenvalue weighted by atomic mass is 10.1. The molecule has 1 aliphatic rings. The molecule has 6 nitrogen and oxygen atoms in total. The largest absolute Gasteiger partial charge is 0.492 e. The van der Waals surface area contributed by atoms with Crippen molar-refractivity contribution in [3.05, 3.63) is 45.9 Å². The van der Waals surface area contributed by atoms with Gasteiger partial charge in [0.25, 0.3) is 0 Å². The second-order valence-electron chi connectivity index (χ2n) is 5.72. The smallest absolute Gasteiger partial charge is 0.204 e. The molecule has 0 spiro atoms. The second-order valence-corrected chi connectivity index (χ2v) is 6.57. The molecule has 0 atom stereocenters. The van der Waals surface area contributed by atoms with Gasteiger partial charge in [0.15, 0.2) is 17.3 Å². The topological polar surface area (TPSA) is 80.0 Å². The van der Waals surface area contributed by atoms with Crippen molar-refractivity contribution in [2.45, 2.75) is 6.92 Å². The van der Waals surface area contributed by atoms with E-state index in [0.717, 1.165) is 0 Å². The Hall–Kier alpha value is -2.67. The van der Waals surface area contributed by atoms with Crippen LogP contribution >= 0.6 is 15.9 Å². The molecule has 0 bridgehead atoms. The Kier molecular flexibility index (Phi) is 5.91. The molecule has 0 saturated heterocycles. The molecule has 1 aliphatic heterocycles. The number of fused-ring (bicyclic) bond motifs is 1. The molecule has 2 N–H and O–H groups in total. The van der Waals surface area contributed by atoms with E-state index in [4.69, 9.17) is 24.7 Å². The van der Waals surface area contributed by atoms with E-state index >= 15 is 0 Å². The molecule has 1 heterocycles. The molecular formula is C20H20BrNO5. The molecule has 3 rings (SSSR count). The first-order valence-electron chi connectivity index (χ1n) is 8.46. The standard InChI is InChI=1S/C20H20BrNO5/c1-3-25-17-11-12(4-6-15(17)22)18(23)14(21)10-13-5-7-16-20(19(13)24-2)27-9-8-26-16/h4-7,10-11H,3,8-9,22H2,1-2H3/b14-10+. The summed E-state index contributed by atoms with van der Waals surface area (Å²) in [6, 6.07) is 8.57. The van der Waals surface area contributed by atoms with Crippen molar-refractivity contribution < 1.29 is 23.7 Å². The van der Waals surface area contributed by atoms with Crippen LogP contribution in [0.5, 0.6) is 23.0 Å². The highest BCUT2D eigenvalue weighted by Crippen LogP contribution is 2.42. The van der Waals surface area contributed by atoms with E-state index in [-0.39, 0.29) is 5.78 Å². The number of allylic oxidation sites excluding steroid dienone is 1. The fraction of sp³-hybridized carbons (Fsp3) is 0.250. The third-order valence-electron chi connectivity index (χ3n) is 3.97. The minimum atomic E-state index is -0.201. The third-order valence-corrected chi connectivity index (χ3v) is 4.56. The zero-order valence-electron chi connectivity index (χ0n) is 15.1.